The molecule has 0 fully saturated rings. The van der Waals surface area contributed by atoms with Crippen LogP contribution in [0.15, 0.2) is 41.1 Å². The van der Waals surface area contributed by atoms with Gasteiger partial charge in [0.25, 0.3) is 6.43 Å². The van der Waals surface area contributed by atoms with E-state index in [2.05, 4.69) is 37.5 Å². The fraction of sp³-hybridized carbons (Fsp3) is 0.278. The second kappa shape index (κ2) is 7.99. The minimum absolute atomic E-state index is 0.166. The molecule has 1 N–H and O–H groups in total. The van der Waals surface area contributed by atoms with Gasteiger partial charge in [-0.3, -0.25) is 14.2 Å². The molecule has 0 bridgehead atoms. The van der Waals surface area contributed by atoms with Gasteiger partial charge in [-0.1, -0.05) is 29.8 Å². The molecule has 0 atom stereocenters. The molecule has 0 aliphatic heterocycles. The minimum atomic E-state index is -2.71. The number of alkyl halides is 2. The van der Waals surface area contributed by atoms with E-state index in [0.717, 1.165) is 11.1 Å². The third-order valence-electron chi connectivity index (χ3n) is 4.00. The predicted octanol–water partition coefficient (Wildman–Crippen LogP) is 4.08. The van der Waals surface area contributed by atoms with Crippen molar-refractivity contribution < 1.29 is 13.6 Å². The summed E-state index contributed by atoms with van der Waals surface area (Å²) in [6.07, 6.45) is 0.558. The lowest BCUT2D eigenvalue weighted by molar-refractivity contribution is -0.117. The molecular weight excluding hydrogens is 420 g/mol. The van der Waals surface area contributed by atoms with Crippen LogP contribution in [0.1, 0.15) is 28.9 Å². The van der Waals surface area contributed by atoms with E-state index in [4.69, 9.17) is 0 Å². The number of carbonyl (C=O) groups is 1. The second-order valence-electron chi connectivity index (χ2n) is 6.21. The first kappa shape index (κ1) is 19.2. The zero-order valence-electron chi connectivity index (χ0n) is 14.8. The van der Waals surface area contributed by atoms with E-state index >= 15 is 0 Å². The number of benzene rings is 1. The maximum Gasteiger partial charge on any atom is 0.283 e. The van der Waals surface area contributed by atoms with Gasteiger partial charge in [0.2, 0.25) is 5.91 Å². The average Bonchev–Trinajstić information content (AvgIpc) is 3.14. The normalized spacial score (nSPS) is 11.2. The van der Waals surface area contributed by atoms with Crippen molar-refractivity contribution >= 4 is 27.5 Å². The van der Waals surface area contributed by atoms with Gasteiger partial charge in [-0.2, -0.15) is 10.2 Å². The van der Waals surface area contributed by atoms with Crippen LogP contribution in [0.3, 0.4) is 0 Å². The van der Waals surface area contributed by atoms with E-state index in [-0.39, 0.29) is 22.6 Å². The SMILES string of the molecule is Cc1cccc(Cn2cc(NC(=O)Cn3nc(C(F)F)c(Br)c3C)cn2)c1. The molecule has 0 unspecified atom stereocenters. The van der Waals surface area contributed by atoms with Gasteiger partial charge in [0.05, 0.1) is 28.6 Å². The van der Waals surface area contributed by atoms with Gasteiger partial charge in [0.1, 0.15) is 12.2 Å². The summed E-state index contributed by atoms with van der Waals surface area (Å²) in [4.78, 5) is 12.2. The first-order valence-electron chi connectivity index (χ1n) is 8.22. The fourth-order valence-electron chi connectivity index (χ4n) is 2.69. The van der Waals surface area contributed by atoms with Crippen LogP contribution < -0.4 is 5.32 Å². The number of hydrogen-bond donors (Lipinski definition) is 1. The quantitative estimate of drug-likeness (QED) is 0.631. The highest BCUT2D eigenvalue weighted by Gasteiger charge is 2.21. The van der Waals surface area contributed by atoms with E-state index in [0.29, 0.717) is 17.9 Å². The topological polar surface area (TPSA) is 64.7 Å². The van der Waals surface area contributed by atoms with Crippen molar-refractivity contribution in [1.82, 2.24) is 19.6 Å². The Morgan fingerprint density at radius 3 is 2.78 bits per heavy atom. The molecule has 27 heavy (non-hydrogen) atoms. The Morgan fingerprint density at radius 1 is 1.33 bits per heavy atom. The molecular formula is C18H18BrF2N5O. The molecule has 9 heteroatoms. The number of aromatic nitrogens is 4. The zero-order valence-corrected chi connectivity index (χ0v) is 16.4. The van der Waals surface area contributed by atoms with Crippen molar-refractivity contribution in [2.45, 2.75) is 33.4 Å². The Labute approximate surface area is 163 Å². The van der Waals surface area contributed by atoms with Gasteiger partial charge in [0.15, 0.2) is 0 Å². The molecule has 0 saturated heterocycles. The molecule has 0 aliphatic rings. The molecule has 1 aromatic carbocycles. The third kappa shape index (κ3) is 4.60. The Morgan fingerprint density at radius 2 is 2.11 bits per heavy atom. The van der Waals surface area contributed by atoms with Crippen molar-refractivity contribution in [3.05, 3.63) is 63.6 Å². The lowest BCUT2D eigenvalue weighted by Crippen LogP contribution is -2.20. The third-order valence-corrected chi connectivity index (χ3v) is 4.98. The molecule has 2 aromatic heterocycles. The highest BCUT2D eigenvalue weighted by atomic mass is 79.9. The van der Waals surface area contributed by atoms with Crippen molar-refractivity contribution in [1.29, 1.82) is 0 Å². The highest BCUT2D eigenvalue weighted by Crippen LogP contribution is 2.28. The Balaban J connectivity index is 1.64. The molecule has 3 aromatic rings. The number of nitrogens with zero attached hydrogens (tertiary/aromatic N) is 4. The number of amides is 1. The number of hydrogen-bond acceptors (Lipinski definition) is 3. The molecule has 0 spiro atoms. The van der Waals surface area contributed by atoms with E-state index in [1.165, 1.54) is 4.68 Å². The summed E-state index contributed by atoms with van der Waals surface area (Å²) >= 11 is 3.09. The van der Waals surface area contributed by atoms with Crippen LogP contribution in [0.25, 0.3) is 0 Å². The lowest BCUT2D eigenvalue weighted by atomic mass is 10.1. The molecule has 1 amide bonds. The van der Waals surface area contributed by atoms with Gasteiger partial charge in [-0.25, -0.2) is 8.78 Å². The van der Waals surface area contributed by atoms with Crippen LogP contribution in [-0.2, 0) is 17.9 Å². The monoisotopic (exact) mass is 437 g/mol. The van der Waals surface area contributed by atoms with E-state index in [9.17, 15) is 13.6 Å². The van der Waals surface area contributed by atoms with E-state index < -0.39 is 6.43 Å². The number of anilines is 1. The summed E-state index contributed by atoms with van der Waals surface area (Å²) in [5.41, 5.74) is 2.90. The fourth-order valence-corrected chi connectivity index (χ4v) is 3.15. The largest absolute Gasteiger partial charge is 0.322 e. The minimum Gasteiger partial charge on any atom is -0.322 e. The maximum atomic E-state index is 12.9. The molecule has 0 aliphatic carbocycles. The standard InChI is InChI=1S/C18H18BrF2N5O/c1-11-4-3-5-13(6-11)8-25-9-14(7-22-25)23-15(27)10-26-12(2)16(19)17(24-26)18(20)21/h3-7,9,18H,8,10H2,1-2H3,(H,23,27). The van der Waals surface area contributed by atoms with Crippen LogP contribution in [0.5, 0.6) is 0 Å². The summed E-state index contributed by atoms with van der Waals surface area (Å²) in [5.74, 6) is -0.371. The average molecular weight is 438 g/mol. The molecule has 142 valence electrons. The van der Waals surface area contributed by atoms with Crippen molar-refractivity contribution in [2.75, 3.05) is 5.32 Å². The molecule has 0 saturated carbocycles. The van der Waals surface area contributed by atoms with Crippen molar-refractivity contribution in [3.63, 3.8) is 0 Å². The van der Waals surface area contributed by atoms with Gasteiger partial charge >= 0.3 is 0 Å². The first-order chi connectivity index (χ1) is 12.8. The molecule has 3 rings (SSSR count). The number of rotatable bonds is 6. The van der Waals surface area contributed by atoms with Crippen LogP contribution in [0, 0.1) is 13.8 Å². The van der Waals surface area contributed by atoms with Crippen LogP contribution in [0.2, 0.25) is 0 Å². The molecule has 2 heterocycles. The van der Waals surface area contributed by atoms with Gasteiger partial charge in [-0.15, -0.1) is 0 Å². The molecule has 6 nitrogen and oxygen atoms in total. The van der Waals surface area contributed by atoms with Gasteiger partial charge in [-0.05, 0) is 35.3 Å². The summed E-state index contributed by atoms with van der Waals surface area (Å²) in [6.45, 7) is 4.06. The Kier molecular flexibility index (Phi) is 5.69. The lowest BCUT2D eigenvalue weighted by Gasteiger charge is -2.05. The Hall–Kier alpha value is -2.55. The number of halogens is 3. The summed E-state index contributed by atoms with van der Waals surface area (Å²) in [7, 11) is 0. The number of carbonyl (C=O) groups excluding carboxylic acids is 1. The zero-order chi connectivity index (χ0) is 19.6. The van der Waals surface area contributed by atoms with Gasteiger partial charge < -0.3 is 5.32 Å². The first-order valence-corrected chi connectivity index (χ1v) is 9.01. The van der Waals surface area contributed by atoms with E-state index in [1.54, 1.807) is 24.0 Å². The van der Waals surface area contributed by atoms with Crippen molar-refractivity contribution in [2.24, 2.45) is 0 Å². The highest BCUT2D eigenvalue weighted by molar-refractivity contribution is 9.10. The summed E-state index contributed by atoms with van der Waals surface area (Å²) < 4.78 is 29.0. The smallest absolute Gasteiger partial charge is 0.283 e. The second-order valence-corrected chi connectivity index (χ2v) is 7.00. The van der Waals surface area contributed by atoms with E-state index in [1.807, 2.05) is 25.1 Å². The van der Waals surface area contributed by atoms with Crippen LogP contribution in [0.4, 0.5) is 14.5 Å². The predicted molar refractivity (Wildman–Crippen MR) is 101 cm³/mol. The van der Waals surface area contributed by atoms with Crippen LogP contribution in [-0.4, -0.2) is 25.5 Å². The maximum absolute atomic E-state index is 12.9. The number of aryl methyl sites for hydroxylation is 1. The number of nitrogens with one attached hydrogen (secondary N) is 1. The van der Waals surface area contributed by atoms with Crippen molar-refractivity contribution in [3.8, 4) is 0 Å². The van der Waals surface area contributed by atoms with Crippen LogP contribution >= 0.6 is 15.9 Å². The summed E-state index contributed by atoms with van der Waals surface area (Å²) in [5, 5.41) is 10.7. The Bertz CT molecular complexity index is 967. The molecule has 0 radical (unpaired) electrons. The summed E-state index contributed by atoms with van der Waals surface area (Å²) in [6, 6.07) is 8.08. The van der Waals surface area contributed by atoms with Gasteiger partial charge in [0, 0.05) is 6.20 Å².